The second kappa shape index (κ2) is 9.25. The van der Waals surface area contributed by atoms with Gasteiger partial charge < -0.3 is 20.0 Å². The second-order valence-electron chi connectivity index (χ2n) is 11.3. The number of nitrogens with two attached hydrogens (primary N) is 1. The van der Waals surface area contributed by atoms with E-state index in [0.717, 1.165) is 30.3 Å². The quantitative estimate of drug-likeness (QED) is 0.333. The van der Waals surface area contributed by atoms with Crippen molar-refractivity contribution in [2.24, 2.45) is 5.73 Å². The van der Waals surface area contributed by atoms with Gasteiger partial charge >= 0.3 is 12.4 Å². The van der Waals surface area contributed by atoms with Gasteiger partial charge in [0, 0.05) is 24.3 Å². The molecule has 206 valence electrons. The van der Waals surface area contributed by atoms with Crippen LogP contribution in [-0.4, -0.2) is 44.3 Å². The fourth-order valence-electron chi connectivity index (χ4n) is 3.70. The molecule has 37 heavy (non-hydrogen) atoms. The van der Waals surface area contributed by atoms with Crippen molar-refractivity contribution in [2.45, 2.75) is 69.2 Å². The number of ether oxygens (including phenoxy) is 1. The molecule has 0 saturated heterocycles. The molecule has 0 amide bonds. The lowest BCUT2D eigenvalue weighted by Gasteiger charge is -2.38. The maximum Gasteiger partial charge on any atom is 0.424 e. The topological polar surface area (TPSA) is 77.6 Å². The minimum Gasteiger partial charge on any atom is -0.490 e. The van der Waals surface area contributed by atoms with E-state index in [-0.39, 0.29) is 35.3 Å². The molecule has 1 unspecified atom stereocenters. The first-order chi connectivity index (χ1) is 16.7. The monoisotopic (exact) mass is 550 g/mol. The zero-order chi connectivity index (χ0) is 28.2. The van der Waals surface area contributed by atoms with E-state index in [1.165, 1.54) is 0 Å². The van der Waals surface area contributed by atoms with E-state index in [1.54, 1.807) is 6.92 Å². The summed E-state index contributed by atoms with van der Waals surface area (Å²) in [5.74, 6) is 0.131. The van der Waals surface area contributed by atoms with Crippen molar-refractivity contribution >= 4 is 8.32 Å². The predicted octanol–water partition coefficient (Wildman–Crippen LogP) is 6.15. The number of aromatic nitrogens is 1. The third-order valence-electron chi connectivity index (χ3n) is 7.39. The molecule has 0 radical (unpaired) electrons. The predicted molar refractivity (Wildman–Crippen MR) is 130 cm³/mol. The van der Waals surface area contributed by atoms with Gasteiger partial charge in [-0.3, -0.25) is 0 Å². The Hall–Kier alpha value is -2.15. The summed E-state index contributed by atoms with van der Waals surface area (Å²) in [4.78, 5) is 4.04. The van der Waals surface area contributed by atoms with Crippen LogP contribution in [0, 0.1) is 0 Å². The first kappa shape index (κ1) is 29.4. The summed E-state index contributed by atoms with van der Waals surface area (Å²) in [5, 5.41) is 10.5. The minimum atomic E-state index is -5.16. The van der Waals surface area contributed by atoms with Crippen LogP contribution in [0.5, 0.6) is 5.75 Å². The molecule has 1 aromatic heterocycles. The van der Waals surface area contributed by atoms with Crippen molar-refractivity contribution in [3.63, 3.8) is 0 Å². The van der Waals surface area contributed by atoms with Crippen LogP contribution >= 0.6 is 0 Å². The summed E-state index contributed by atoms with van der Waals surface area (Å²) in [6.07, 6.45) is -9.75. The van der Waals surface area contributed by atoms with Crippen molar-refractivity contribution in [3.8, 4) is 17.0 Å². The Balaban J connectivity index is 2.20. The van der Waals surface area contributed by atoms with Crippen molar-refractivity contribution in [1.29, 1.82) is 0 Å². The number of hydrogen-bond acceptors (Lipinski definition) is 5. The summed E-state index contributed by atoms with van der Waals surface area (Å²) in [7, 11) is -2.26. The Morgan fingerprint density at radius 2 is 1.65 bits per heavy atom. The molecule has 1 aromatic carbocycles. The van der Waals surface area contributed by atoms with Gasteiger partial charge in [0.2, 0.25) is 5.60 Å². The molecule has 0 spiro atoms. The maximum absolute atomic E-state index is 13.9. The van der Waals surface area contributed by atoms with Crippen LogP contribution in [0.3, 0.4) is 0 Å². The molecule has 0 saturated carbocycles. The molecule has 3 N–H and O–H groups in total. The number of aliphatic hydroxyl groups is 1. The van der Waals surface area contributed by atoms with Crippen LogP contribution in [0.2, 0.25) is 18.1 Å². The molecule has 3 rings (SSSR count). The highest BCUT2D eigenvalue weighted by Crippen LogP contribution is 2.49. The second-order valence-corrected chi connectivity index (χ2v) is 16.1. The van der Waals surface area contributed by atoms with Gasteiger partial charge in [-0.05, 0) is 43.3 Å². The summed E-state index contributed by atoms with van der Waals surface area (Å²) < 4.78 is 93.3. The molecule has 2 atom stereocenters. The molecular formula is C25H32F6N2O3Si. The zero-order valence-electron chi connectivity index (χ0n) is 21.6. The van der Waals surface area contributed by atoms with Gasteiger partial charge in [0.05, 0.1) is 16.7 Å². The third-order valence-corrected chi connectivity index (χ3v) is 11.9. The third kappa shape index (κ3) is 5.38. The molecule has 2 aromatic rings. The lowest BCUT2D eigenvalue weighted by Crippen LogP contribution is -2.49. The van der Waals surface area contributed by atoms with Gasteiger partial charge in [0.15, 0.2) is 8.32 Å². The average Bonchev–Trinajstić information content (AvgIpc) is 3.11. The average molecular weight is 551 g/mol. The van der Waals surface area contributed by atoms with E-state index in [9.17, 15) is 31.4 Å². The van der Waals surface area contributed by atoms with E-state index >= 15 is 0 Å². The van der Waals surface area contributed by atoms with Gasteiger partial charge in [-0.25, -0.2) is 4.98 Å². The van der Waals surface area contributed by atoms with E-state index in [0.29, 0.717) is 5.56 Å². The molecule has 0 fully saturated rings. The van der Waals surface area contributed by atoms with Gasteiger partial charge in [-0.15, -0.1) is 0 Å². The first-order valence-corrected chi connectivity index (χ1v) is 14.6. The Morgan fingerprint density at radius 3 is 2.11 bits per heavy atom. The van der Waals surface area contributed by atoms with Crippen LogP contribution in [0.25, 0.3) is 11.3 Å². The highest BCUT2D eigenvalue weighted by atomic mass is 28.4. The largest absolute Gasteiger partial charge is 0.490 e. The molecule has 5 nitrogen and oxygen atoms in total. The Labute approximate surface area is 213 Å². The van der Waals surface area contributed by atoms with E-state index < -0.39 is 49.5 Å². The van der Waals surface area contributed by atoms with Gasteiger partial charge in [0.1, 0.15) is 18.1 Å². The summed E-state index contributed by atoms with van der Waals surface area (Å²) in [6.45, 7) is 11.0. The Kier molecular flexibility index (Phi) is 7.35. The Morgan fingerprint density at radius 1 is 1.08 bits per heavy atom. The summed E-state index contributed by atoms with van der Waals surface area (Å²) >= 11 is 0. The highest BCUT2D eigenvalue weighted by Gasteiger charge is 2.56. The van der Waals surface area contributed by atoms with E-state index in [1.807, 2.05) is 13.1 Å². The number of pyridine rings is 1. The van der Waals surface area contributed by atoms with E-state index in [2.05, 4.69) is 25.8 Å². The first-order valence-electron chi connectivity index (χ1n) is 11.7. The SMILES string of the molecule is CC(C)(C)[Si](C)(C)OC[C@@]1(C)COc2c1cc(C(O)(CN)C(F)(F)F)nc2-c1ccc(C(F)(F)F)cc1. The molecule has 12 heteroatoms. The van der Waals surface area contributed by atoms with E-state index in [4.69, 9.17) is 14.9 Å². The van der Waals surface area contributed by atoms with Crippen LogP contribution in [0.4, 0.5) is 26.3 Å². The molecule has 2 heterocycles. The fourth-order valence-corrected chi connectivity index (χ4v) is 4.82. The molecular weight excluding hydrogens is 518 g/mol. The van der Waals surface area contributed by atoms with Crippen LogP contribution < -0.4 is 10.5 Å². The smallest absolute Gasteiger partial charge is 0.424 e. The number of fused-ring (bicyclic) bond motifs is 1. The maximum atomic E-state index is 13.9. The standard InChI is InChI=1S/C25H32F6N2O3Si/c1-21(2,3)37(5,6)36-14-22(4)13-35-20-17(22)11-18(23(34,12-32)25(29,30)31)33-19(20)15-7-9-16(10-8-15)24(26,27)28/h7-11,34H,12-14,32H2,1-6H3/t22-,23?/m1/s1. The number of nitrogens with zero attached hydrogens (tertiary/aromatic N) is 1. The highest BCUT2D eigenvalue weighted by molar-refractivity contribution is 6.74. The number of halogens is 6. The zero-order valence-corrected chi connectivity index (χ0v) is 22.6. The number of benzene rings is 1. The van der Waals surface area contributed by atoms with Gasteiger partial charge in [-0.1, -0.05) is 32.9 Å². The minimum absolute atomic E-state index is 0.0444. The normalized spacial score (nSPS) is 20.4. The Bertz CT molecular complexity index is 1150. The summed E-state index contributed by atoms with van der Waals surface area (Å²) in [5.41, 5.74) is -0.418. The fraction of sp³-hybridized carbons (Fsp3) is 0.560. The molecule has 1 aliphatic heterocycles. The molecule has 0 aliphatic carbocycles. The van der Waals surface area contributed by atoms with Gasteiger partial charge in [-0.2, -0.15) is 26.3 Å². The lowest BCUT2D eigenvalue weighted by atomic mass is 9.83. The number of alkyl halides is 6. The molecule has 0 bridgehead atoms. The van der Waals surface area contributed by atoms with Crippen LogP contribution in [-0.2, 0) is 21.6 Å². The lowest BCUT2D eigenvalue weighted by molar-refractivity contribution is -0.263. The van der Waals surface area contributed by atoms with Gasteiger partial charge in [0.25, 0.3) is 0 Å². The number of hydrogen-bond donors (Lipinski definition) is 2. The molecule has 1 aliphatic rings. The van der Waals surface area contributed by atoms with Crippen molar-refractivity contribution < 1.29 is 40.6 Å². The van der Waals surface area contributed by atoms with Crippen molar-refractivity contribution in [1.82, 2.24) is 4.98 Å². The van der Waals surface area contributed by atoms with Crippen LogP contribution in [0.1, 0.15) is 44.5 Å². The number of rotatable bonds is 6. The van der Waals surface area contributed by atoms with Crippen molar-refractivity contribution in [2.75, 3.05) is 19.8 Å². The van der Waals surface area contributed by atoms with Crippen molar-refractivity contribution in [3.05, 3.63) is 47.2 Å². The van der Waals surface area contributed by atoms with Crippen LogP contribution in [0.15, 0.2) is 30.3 Å². The summed E-state index contributed by atoms with van der Waals surface area (Å²) in [6, 6.07) is 4.95.